The quantitative estimate of drug-likeness (QED) is 0.0103. The molecule has 0 bridgehead atoms. The molecule has 0 spiro atoms. The van der Waals surface area contributed by atoms with E-state index in [-0.39, 0.29) is 30.6 Å². The van der Waals surface area contributed by atoms with Gasteiger partial charge in [0.25, 0.3) is 0 Å². The van der Waals surface area contributed by atoms with E-state index in [2.05, 4.69) is 109 Å². The third kappa shape index (κ3) is 34.5. The molecule has 53 heteroatoms. The molecular formula is C73H108N20O23P10+6. The van der Waals surface area contributed by atoms with Gasteiger partial charge in [0.05, 0.1) is 60.8 Å². The van der Waals surface area contributed by atoms with E-state index in [1.807, 2.05) is 16.7 Å². The predicted molar refractivity (Wildman–Crippen MR) is 483 cm³/mol. The molecule has 126 heavy (non-hydrogen) atoms. The van der Waals surface area contributed by atoms with E-state index in [9.17, 15) is 55.2 Å². The van der Waals surface area contributed by atoms with Crippen molar-refractivity contribution in [3.8, 4) is 0 Å². The normalized spacial score (nSPS) is 16.1. The van der Waals surface area contributed by atoms with E-state index >= 15 is 0 Å². The van der Waals surface area contributed by atoms with Gasteiger partial charge < -0.3 is 59.5 Å². The van der Waals surface area contributed by atoms with E-state index < -0.39 is 121 Å². The molecule has 8 aromatic rings. The van der Waals surface area contributed by atoms with Gasteiger partial charge in [0.15, 0.2) is 92.1 Å². The molecule has 7 aromatic heterocycles. The summed E-state index contributed by atoms with van der Waals surface area (Å²) < 4.78 is 181. The number of carbonyl (C=O) groups is 2. The van der Waals surface area contributed by atoms with Crippen molar-refractivity contribution in [1.29, 1.82) is 0 Å². The molecule has 1 fully saturated rings. The summed E-state index contributed by atoms with van der Waals surface area (Å²) in [6.07, 6.45) is 30.6. The zero-order chi connectivity index (χ0) is 92.6. The summed E-state index contributed by atoms with van der Waals surface area (Å²) >= 11 is 0. The topological polar surface area (TPSA) is 541 Å². The molecule has 7 unspecified atom stereocenters. The van der Waals surface area contributed by atoms with Crippen molar-refractivity contribution in [2.75, 3.05) is 113 Å². The van der Waals surface area contributed by atoms with Crippen molar-refractivity contribution in [3.05, 3.63) is 141 Å². The lowest BCUT2D eigenvalue weighted by atomic mass is 9.95. The number of hydrogen-bond donors (Lipinski definition) is 5. The number of aliphatic imine (C=N–C) groups is 1. The number of anilines is 5. The summed E-state index contributed by atoms with van der Waals surface area (Å²) in [4.78, 5) is 71.3. The number of aromatic nitrogens is 14. The second-order valence-corrected chi connectivity index (χ2v) is 45.9. The molecule has 7 atom stereocenters. The Hall–Kier alpha value is -8.45. The largest absolute Gasteiger partial charge is 0.513 e. The van der Waals surface area contributed by atoms with Gasteiger partial charge in [0.1, 0.15) is 41.5 Å². The van der Waals surface area contributed by atoms with E-state index in [1.54, 1.807) is 135 Å². The van der Waals surface area contributed by atoms with Gasteiger partial charge in [-0.05, 0) is 105 Å². The number of fused-ring (bicyclic) bond motifs is 4. The first-order valence-electron chi connectivity index (χ1n) is 38.9. The average Bonchev–Trinajstić information content (AvgIpc) is 1.68. The minimum atomic E-state index is -3.83. The summed E-state index contributed by atoms with van der Waals surface area (Å²) in [7, 11) is -26.5. The van der Waals surface area contributed by atoms with Gasteiger partial charge in [0, 0.05) is 51.6 Å². The number of benzene rings is 1. The van der Waals surface area contributed by atoms with Gasteiger partial charge in [-0.1, -0.05) is 126 Å². The van der Waals surface area contributed by atoms with E-state index in [0.717, 1.165) is 24.3 Å². The van der Waals surface area contributed by atoms with E-state index in [1.165, 1.54) is 90.9 Å². The molecule has 0 radical (unpaired) electrons. The van der Waals surface area contributed by atoms with Crippen LogP contribution in [-0.2, 0) is 131 Å². The number of guanidine groups is 1. The van der Waals surface area contributed by atoms with E-state index in [0.29, 0.717) is 101 Å². The SMILES string of the molecule is C=CCNc1ncnc2c1ncn2C/C=C/CP(=O)(O[P+](C)=O)O[P+](C)=O.CC(C)c1ccc(Nc2ncnc3c2ncn3C/C=C/CP(=O)(O[P+](C)=O)O[P+](C)=O)cc1.COC1N=C(N)Nc2c1ncn2C/C=C/CP(=O)(OCOC(=O)C(C)(C)C)OCOC(=O)C(C)(C)C.C[P+](=O)OP(=O)(C/C=C/Cn1cnc2c(NC3CCCCC3)ncnc21)O[P+](C)=O. The van der Waals surface area contributed by atoms with Crippen LogP contribution in [0.25, 0.3) is 33.5 Å². The highest BCUT2D eigenvalue weighted by Crippen LogP contribution is 2.62. The highest BCUT2D eigenvalue weighted by Gasteiger charge is 2.43. The van der Waals surface area contributed by atoms with Gasteiger partial charge in [-0.2, -0.15) is 0 Å². The Morgan fingerprint density at radius 3 is 1.29 bits per heavy atom. The molecule has 8 heterocycles. The monoisotopic (exact) mass is 1940 g/mol. The molecule has 6 N–H and O–H groups in total. The van der Waals surface area contributed by atoms with Gasteiger partial charge in [-0.15, -0.1) is 6.58 Å². The first kappa shape index (κ1) is 105. The van der Waals surface area contributed by atoms with Crippen molar-refractivity contribution in [3.63, 3.8) is 0 Å². The lowest BCUT2D eigenvalue weighted by Gasteiger charge is -2.23. The fraction of sp³-hybridized carbons (Fsp3) is 0.493. The van der Waals surface area contributed by atoms with Crippen LogP contribution in [0.5, 0.6) is 0 Å². The van der Waals surface area contributed by atoms with Gasteiger partial charge in [0.2, 0.25) is 13.6 Å². The smallest absolute Gasteiger partial charge is 0.438 e. The number of ether oxygens (including phenoxy) is 3. The number of esters is 2. The van der Waals surface area contributed by atoms with Crippen LogP contribution in [0.15, 0.2) is 135 Å². The maximum atomic E-state index is 13.2. The summed E-state index contributed by atoms with van der Waals surface area (Å²) in [5.74, 6) is 2.14. The van der Waals surface area contributed by atoms with Crippen LogP contribution in [0.4, 0.5) is 29.0 Å². The Kier molecular flexibility index (Phi) is 41.4. The lowest BCUT2D eigenvalue weighted by molar-refractivity contribution is -0.162. The van der Waals surface area contributed by atoms with Crippen molar-refractivity contribution in [2.24, 2.45) is 21.6 Å². The van der Waals surface area contributed by atoms with Gasteiger partial charge >= 0.3 is 90.5 Å². The van der Waals surface area contributed by atoms with Crippen molar-refractivity contribution in [2.45, 2.75) is 132 Å². The van der Waals surface area contributed by atoms with Gasteiger partial charge in [-0.25, -0.2) is 54.8 Å². The summed E-state index contributed by atoms with van der Waals surface area (Å²) in [5, 5.41) is 12.8. The van der Waals surface area contributed by atoms with Crippen LogP contribution in [0.3, 0.4) is 0 Å². The van der Waals surface area contributed by atoms with Crippen LogP contribution >= 0.6 is 78.6 Å². The molecule has 0 amide bonds. The number of allylic oxidation sites excluding steroid dienone is 8. The molecular weight excluding hydrogens is 1830 g/mol. The molecule has 43 nitrogen and oxygen atoms in total. The number of methoxy groups -OCH3 is 1. The second kappa shape index (κ2) is 49.9. The standard InChI is InChI=1S/C22H36N5O8P.C20H26N5O5P3.C17H26N5O5P3.C14H20N5O5P3/c1-21(2,3)18(28)32-13-34-36(30,35-14-33-19(29)22(4,5)6)11-9-8-10-27-12-24-15-16(27)25-20(23)26-17(15)31-7;1-15(2)16-7-9-17(10-8-16)24-19-18-20(22-13-21-19)25(14-23-18)11-5-6-12-33(28,29-31(3)26)30-32(4)27;1-28(23)26-30(25,27-29(2)24)11-7-6-10-22-13-20-15-16(18-12-19-17(15)22)21-14-8-4-3-5-9-14;1-4-7-15-13-12-14(17-10-16-13)19(11-18-12)8-5-6-9-27(22,23-25(2)20)24-26(3)21/h8-9,12,17H,10-11,13-14H2,1-7H3,(H3,23,25,26);5-10,13-15H,11-12H2,1-4H3,(H,21,22,24);6-7,12-14H,3-5,8-11H2,1-2H3,(H,18,19,21);4-6,10-11H,1,7-9H2,2-3H3,(H,15,16,17)/q;3*+2/b9-8+;6-5+;7-6+;6-5+. The summed E-state index contributed by atoms with van der Waals surface area (Å²) in [6.45, 7) is 26.5. The van der Waals surface area contributed by atoms with Crippen molar-refractivity contribution >= 4 is 159 Å². The van der Waals surface area contributed by atoms with Crippen molar-refractivity contribution in [1.82, 2.24) is 68.1 Å². The number of carbonyl (C=O) groups excluding carboxylic acids is 2. The van der Waals surface area contributed by atoms with E-state index in [4.69, 9.17) is 54.9 Å². The number of nitrogens with two attached hydrogens (primary N) is 1. The third-order valence-electron chi connectivity index (χ3n) is 17.0. The summed E-state index contributed by atoms with van der Waals surface area (Å²) in [5.41, 5.74) is 10.9. The molecule has 1 aromatic carbocycles. The van der Waals surface area contributed by atoms with Crippen LogP contribution in [0, 0.1) is 10.8 Å². The molecule has 682 valence electrons. The predicted octanol–water partition coefficient (Wildman–Crippen LogP) is 18.4. The maximum Gasteiger partial charge on any atom is 0.513 e. The average molecular weight is 1940 g/mol. The number of hydrogen-bond acceptors (Lipinski definition) is 39. The van der Waals surface area contributed by atoms with Crippen LogP contribution in [-0.4, -0.2) is 184 Å². The molecule has 10 rings (SSSR count). The zero-order valence-electron chi connectivity index (χ0n) is 72.4. The Balaban J connectivity index is 0.000000232. The third-order valence-corrected chi connectivity index (χ3v) is 32.1. The zero-order valence-corrected chi connectivity index (χ0v) is 81.4. The fourth-order valence-corrected chi connectivity index (χ4v) is 24.7. The molecule has 2 aliphatic rings. The number of imidazole rings is 4. The first-order chi connectivity index (χ1) is 59.5. The molecule has 1 saturated carbocycles. The number of nitrogens with one attached hydrogen (secondary N) is 4. The molecule has 1 aliphatic carbocycles. The Morgan fingerprint density at radius 1 is 0.524 bits per heavy atom. The molecule has 1 aliphatic heterocycles. The number of nitrogens with zero attached hydrogens (tertiary/aromatic N) is 15. The Morgan fingerprint density at radius 2 is 0.897 bits per heavy atom. The second-order valence-electron chi connectivity index (χ2n) is 29.8. The Labute approximate surface area is 735 Å². The number of rotatable bonds is 43. The minimum Gasteiger partial charge on any atom is -0.438 e. The van der Waals surface area contributed by atoms with Crippen LogP contribution in [0.2, 0.25) is 0 Å². The van der Waals surface area contributed by atoms with Crippen LogP contribution < -0.4 is 27.0 Å². The lowest BCUT2D eigenvalue weighted by Crippen LogP contribution is -2.29. The van der Waals surface area contributed by atoms with Gasteiger partial charge in [-0.3, -0.25) is 36.9 Å². The molecule has 0 saturated heterocycles. The summed E-state index contributed by atoms with van der Waals surface area (Å²) in [6, 6.07) is 8.56. The first-order valence-corrected chi connectivity index (χ1v) is 55.6. The highest BCUT2D eigenvalue weighted by molar-refractivity contribution is 7.68. The fourth-order valence-electron chi connectivity index (χ4n) is 11.2. The maximum absolute atomic E-state index is 13.2. The Bertz CT molecular complexity index is 5410. The highest BCUT2D eigenvalue weighted by atomic mass is 31.3. The van der Waals surface area contributed by atoms with Crippen molar-refractivity contribution < 1.29 is 104 Å². The van der Waals surface area contributed by atoms with Crippen LogP contribution in [0.1, 0.15) is 111 Å². The minimum absolute atomic E-state index is 0.132.